The van der Waals surface area contributed by atoms with Crippen LogP contribution in [-0.2, 0) is 18.6 Å². The lowest BCUT2D eigenvalue weighted by Crippen LogP contribution is -2.41. The fourth-order valence-corrected chi connectivity index (χ4v) is 4.87. The van der Waals surface area contributed by atoms with Crippen molar-refractivity contribution >= 4 is 13.7 Å². The third-order valence-electron chi connectivity index (χ3n) is 4.52. The number of hydrogen-bond acceptors (Lipinski definition) is 7. The normalized spacial score (nSPS) is 25.8. The summed E-state index contributed by atoms with van der Waals surface area (Å²) in [5, 5.41) is 22.0. The number of aliphatic hydroxyl groups is 2. The Morgan fingerprint density at radius 1 is 1.30 bits per heavy atom. The van der Waals surface area contributed by atoms with Gasteiger partial charge >= 0.3 is 13.7 Å². The van der Waals surface area contributed by atoms with E-state index in [2.05, 4.69) is 5.09 Å². The van der Waals surface area contributed by atoms with E-state index in [1.54, 1.807) is 44.2 Å². The van der Waals surface area contributed by atoms with Crippen LogP contribution in [0.15, 0.2) is 30.3 Å². The van der Waals surface area contributed by atoms with Crippen LogP contribution in [0.25, 0.3) is 0 Å². The fourth-order valence-electron chi connectivity index (χ4n) is 3.00. The van der Waals surface area contributed by atoms with E-state index in [1.165, 1.54) is 7.11 Å². The molecule has 1 saturated carbocycles. The van der Waals surface area contributed by atoms with Crippen molar-refractivity contribution in [2.45, 2.75) is 44.9 Å². The summed E-state index contributed by atoms with van der Waals surface area (Å²) in [5.74, 6) is -0.835. The summed E-state index contributed by atoms with van der Waals surface area (Å²) in [7, 11) is -2.72. The highest BCUT2D eigenvalue weighted by molar-refractivity contribution is 7.52. The van der Waals surface area contributed by atoms with Crippen molar-refractivity contribution in [2.24, 2.45) is 11.8 Å². The van der Waals surface area contributed by atoms with Crippen molar-refractivity contribution in [1.29, 1.82) is 0 Å². The highest BCUT2D eigenvalue weighted by Crippen LogP contribution is 2.49. The van der Waals surface area contributed by atoms with E-state index < -0.39 is 32.0 Å². The molecule has 9 heteroatoms. The number of para-hydroxylation sites is 1. The molecule has 5 atom stereocenters. The number of benzene rings is 1. The summed E-state index contributed by atoms with van der Waals surface area (Å²) in [6.07, 6.45) is -0.762. The second-order valence-corrected chi connectivity index (χ2v) is 8.63. The SMILES string of the molecule is COC(=O)[C@@H](NP(=O)(Oc1ccccc1)OC1C[C@H](CO)[C@@H](O)C1)C(C)C. The number of aliphatic hydroxyl groups excluding tert-OH is 2. The van der Waals surface area contributed by atoms with Gasteiger partial charge in [-0.1, -0.05) is 32.0 Å². The monoisotopic (exact) mass is 401 g/mol. The van der Waals surface area contributed by atoms with Gasteiger partial charge in [-0.2, -0.15) is 5.09 Å². The molecule has 2 unspecified atom stereocenters. The Labute approximate surface area is 159 Å². The van der Waals surface area contributed by atoms with E-state index in [4.69, 9.17) is 13.8 Å². The van der Waals surface area contributed by atoms with Gasteiger partial charge in [0.2, 0.25) is 0 Å². The molecule has 0 saturated heterocycles. The van der Waals surface area contributed by atoms with E-state index in [0.29, 0.717) is 12.2 Å². The first-order chi connectivity index (χ1) is 12.8. The molecule has 152 valence electrons. The quantitative estimate of drug-likeness (QED) is 0.426. The summed E-state index contributed by atoms with van der Waals surface area (Å²) >= 11 is 0. The van der Waals surface area contributed by atoms with Gasteiger partial charge in [-0.3, -0.25) is 9.32 Å². The first-order valence-electron chi connectivity index (χ1n) is 8.95. The van der Waals surface area contributed by atoms with Crippen LogP contribution in [0, 0.1) is 11.8 Å². The molecule has 0 radical (unpaired) electrons. The minimum absolute atomic E-state index is 0.185. The lowest BCUT2D eigenvalue weighted by Gasteiger charge is -2.28. The maximum atomic E-state index is 13.5. The molecule has 0 spiro atoms. The number of ether oxygens (including phenoxy) is 1. The molecule has 2 rings (SSSR count). The van der Waals surface area contributed by atoms with Gasteiger partial charge < -0.3 is 19.5 Å². The van der Waals surface area contributed by atoms with Gasteiger partial charge in [-0.15, -0.1) is 0 Å². The van der Waals surface area contributed by atoms with Crippen LogP contribution in [0.4, 0.5) is 0 Å². The van der Waals surface area contributed by atoms with E-state index in [9.17, 15) is 19.6 Å². The van der Waals surface area contributed by atoms with E-state index in [1.807, 2.05) is 0 Å². The number of methoxy groups -OCH3 is 1. The van der Waals surface area contributed by atoms with Crippen molar-refractivity contribution in [3.63, 3.8) is 0 Å². The zero-order chi connectivity index (χ0) is 20.0. The molecule has 0 aromatic heterocycles. The van der Waals surface area contributed by atoms with Crippen molar-refractivity contribution in [3.05, 3.63) is 30.3 Å². The fraction of sp³-hybridized carbons (Fsp3) is 0.611. The number of carbonyl (C=O) groups is 1. The molecule has 0 amide bonds. The summed E-state index contributed by atoms with van der Waals surface area (Å²) < 4.78 is 29.6. The van der Waals surface area contributed by atoms with Gasteiger partial charge in [0.15, 0.2) is 0 Å². The average Bonchev–Trinajstić information content (AvgIpc) is 2.98. The maximum Gasteiger partial charge on any atom is 0.459 e. The number of rotatable bonds is 9. The van der Waals surface area contributed by atoms with Crippen LogP contribution in [0.3, 0.4) is 0 Å². The Morgan fingerprint density at radius 2 is 1.96 bits per heavy atom. The minimum Gasteiger partial charge on any atom is -0.468 e. The third-order valence-corrected chi connectivity index (χ3v) is 6.15. The molecule has 1 aliphatic rings. The number of esters is 1. The Bertz CT molecular complexity index is 654. The minimum atomic E-state index is -3.97. The van der Waals surface area contributed by atoms with Crippen molar-refractivity contribution in [2.75, 3.05) is 13.7 Å². The molecular formula is C18H28NO7P. The summed E-state index contributed by atoms with van der Waals surface area (Å²) in [5.41, 5.74) is 0. The lowest BCUT2D eigenvalue weighted by atomic mass is 10.1. The largest absolute Gasteiger partial charge is 0.468 e. The molecule has 27 heavy (non-hydrogen) atoms. The molecule has 1 aromatic rings. The lowest BCUT2D eigenvalue weighted by molar-refractivity contribution is -0.143. The standard InChI is InChI=1S/C18H28NO7P/c1-12(2)17(18(22)24-3)19-27(23,25-14-7-5-4-6-8-14)26-15-9-13(11-20)16(21)10-15/h4-8,12-13,15-17,20-21H,9-11H2,1-3H3,(H,19,23)/t13-,15?,16+,17+,27?/m1/s1. The first kappa shape index (κ1) is 21.9. The van der Waals surface area contributed by atoms with E-state index >= 15 is 0 Å². The highest BCUT2D eigenvalue weighted by Gasteiger charge is 2.42. The zero-order valence-corrected chi connectivity index (χ0v) is 16.7. The molecule has 1 aromatic carbocycles. The molecule has 8 nitrogen and oxygen atoms in total. The molecule has 0 aliphatic heterocycles. The molecule has 1 aliphatic carbocycles. The average molecular weight is 401 g/mol. The zero-order valence-electron chi connectivity index (χ0n) is 15.8. The summed E-state index contributed by atoms with van der Waals surface area (Å²) in [6, 6.07) is 7.59. The van der Waals surface area contributed by atoms with E-state index in [0.717, 1.165) is 0 Å². The summed E-state index contributed by atoms with van der Waals surface area (Å²) in [4.78, 5) is 12.1. The van der Waals surface area contributed by atoms with Crippen LogP contribution in [0.2, 0.25) is 0 Å². The van der Waals surface area contributed by atoms with Gasteiger partial charge in [-0.05, 0) is 24.5 Å². The van der Waals surface area contributed by atoms with Gasteiger partial charge in [0.1, 0.15) is 11.8 Å². The topological polar surface area (TPSA) is 114 Å². The van der Waals surface area contributed by atoms with Gasteiger partial charge in [0, 0.05) is 18.9 Å². The van der Waals surface area contributed by atoms with Gasteiger partial charge in [-0.25, -0.2) is 4.57 Å². The van der Waals surface area contributed by atoms with Crippen molar-refractivity contribution in [1.82, 2.24) is 5.09 Å². The van der Waals surface area contributed by atoms with Gasteiger partial charge in [0.25, 0.3) is 0 Å². The Morgan fingerprint density at radius 3 is 2.48 bits per heavy atom. The number of nitrogens with one attached hydrogen (secondary N) is 1. The van der Waals surface area contributed by atoms with Crippen LogP contribution in [0.5, 0.6) is 5.75 Å². The molecule has 3 N–H and O–H groups in total. The Balaban J connectivity index is 2.22. The molecule has 1 fully saturated rings. The van der Waals surface area contributed by atoms with Crippen molar-refractivity contribution in [3.8, 4) is 5.75 Å². The van der Waals surface area contributed by atoms with Gasteiger partial charge in [0.05, 0.1) is 19.3 Å². The Hall–Kier alpha value is -1.44. The maximum absolute atomic E-state index is 13.5. The smallest absolute Gasteiger partial charge is 0.459 e. The molecule has 0 bridgehead atoms. The second-order valence-electron chi connectivity index (χ2n) is 6.98. The predicted molar refractivity (Wildman–Crippen MR) is 99.1 cm³/mol. The molecular weight excluding hydrogens is 373 g/mol. The predicted octanol–water partition coefficient (Wildman–Crippen LogP) is 2.11. The van der Waals surface area contributed by atoms with Crippen LogP contribution in [0.1, 0.15) is 26.7 Å². The van der Waals surface area contributed by atoms with E-state index in [-0.39, 0.29) is 24.9 Å². The number of hydrogen-bond donors (Lipinski definition) is 3. The number of carbonyl (C=O) groups excluding carboxylic acids is 1. The first-order valence-corrected chi connectivity index (χ1v) is 10.5. The highest BCUT2D eigenvalue weighted by atomic mass is 31.2. The van der Waals surface area contributed by atoms with Crippen LogP contribution < -0.4 is 9.61 Å². The van der Waals surface area contributed by atoms with Crippen molar-refractivity contribution < 1.29 is 33.4 Å². The second kappa shape index (κ2) is 9.66. The molecule has 0 heterocycles. The summed E-state index contributed by atoms with van der Waals surface area (Å²) in [6.45, 7) is 3.38. The van der Waals surface area contributed by atoms with Crippen LogP contribution in [-0.4, -0.2) is 48.1 Å². The van der Waals surface area contributed by atoms with Crippen LogP contribution >= 0.6 is 7.75 Å². The third kappa shape index (κ3) is 6.02. The Kier molecular flexibility index (Phi) is 7.82.